The SMILES string of the molecule is COCCNC(=O)C(C)NS(=O)(=O)c1sccc1Br. The van der Waals surface area contributed by atoms with Crippen molar-refractivity contribution in [2.75, 3.05) is 20.3 Å². The van der Waals surface area contributed by atoms with Crippen LogP contribution in [0.5, 0.6) is 0 Å². The third-order valence-corrected chi connectivity index (χ3v) is 6.37. The van der Waals surface area contributed by atoms with Gasteiger partial charge in [0.05, 0.1) is 12.6 Å². The number of thiophene rings is 1. The Bertz CT molecular complexity index is 529. The standard InChI is InChI=1S/C10H15BrN2O4S2/c1-7(9(14)12-4-5-17-2)13-19(15,16)10-8(11)3-6-18-10/h3,6-7,13H,4-5H2,1-2H3,(H,12,14). The third kappa shape index (κ3) is 4.84. The number of amides is 1. The van der Waals surface area contributed by atoms with Gasteiger partial charge in [-0.2, -0.15) is 4.72 Å². The van der Waals surface area contributed by atoms with Crippen molar-refractivity contribution in [3.05, 3.63) is 15.9 Å². The second-order valence-corrected chi connectivity index (χ2v) is 7.36. The number of carbonyl (C=O) groups is 1. The van der Waals surface area contributed by atoms with Crippen LogP contribution in [0.1, 0.15) is 6.92 Å². The quantitative estimate of drug-likeness (QED) is 0.699. The first-order chi connectivity index (χ1) is 8.88. The summed E-state index contributed by atoms with van der Waals surface area (Å²) in [6.07, 6.45) is 0. The lowest BCUT2D eigenvalue weighted by atomic mass is 10.3. The van der Waals surface area contributed by atoms with Crippen LogP contribution < -0.4 is 10.0 Å². The Balaban J connectivity index is 2.63. The molecule has 0 spiro atoms. The molecule has 1 aromatic rings. The van der Waals surface area contributed by atoms with E-state index in [1.165, 1.54) is 14.0 Å². The van der Waals surface area contributed by atoms with Crippen molar-refractivity contribution in [2.24, 2.45) is 0 Å². The van der Waals surface area contributed by atoms with Crippen LogP contribution in [0, 0.1) is 0 Å². The Labute approximate surface area is 124 Å². The minimum Gasteiger partial charge on any atom is -0.383 e. The van der Waals surface area contributed by atoms with Gasteiger partial charge in [0.15, 0.2) is 0 Å². The van der Waals surface area contributed by atoms with Gasteiger partial charge in [0, 0.05) is 18.1 Å². The van der Waals surface area contributed by atoms with Gasteiger partial charge in [-0.15, -0.1) is 11.3 Å². The topological polar surface area (TPSA) is 84.5 Å². The molecule has 0 aliphatic carbocycles. The highest BCUT2D eigenvalue weighted by Crippen LogP contribution is 2.27. The third-order valence-electron chi connectivity index (χ3n) is 2.16. The monoisotopic (exact) mass is 370 g/mol. The van der Waals surface area contributed by atoms with Crippen LogP contribution in [-0.4, -0.2) is 40.6 Å². The summed E-state index contributed by atoms with van der Waals surface area (Å²) in [6, 6.07) is 0.790. The van der Waals surface area contributed by atoms with Gasteiger partial charge < -0.3 is 10.1 Å². The predicted molar refractivity (Wildman–Crippen MR) is 76.7 cm³/mol. The maximum atomic E-state index is 12.0. The van der Waals surface area contributed by atoms with E-state index >= 15 is 0 Å². The van der Waals surface area contributed by atoms with Crippen LogP contribution in [0.15, 0.2) is 20.1 Å². The fourth-order valence-corrected chi connectivity index (χ4v) is 4.80. The van der Waals surface area contributed by atoms with Crippen molar-refractivity contribution >= 4 is 43.2 Å². The molecule has 0 aromatic carbocycles. The van der Waals surface area contributed by atoms with Crippen molar-refractivity contribution in [3.63, 3.8) is 0 Å². The largest absolute Gasteiger partial charge is 0.383 e. The lowest BCUT2D eigenvalue weighted by molar-refractivity contribution is -0.122. The Morgan fingerprint density at radius 1 is 1.58 bits per heavy atom. The van der Waals surface area contributed by atoms with E-state index < -0.39 is 22.0 Å². The number of halogens is 1. The van der Waals surface area contributed by atoms with Crippen molar-refractivity contribution < 1.29 is 17.9 Å². The molecule has 0 aliphatic heterocycles. The molecular formula is C10H15BrN2O4S2. The second kappa shape index (κ2) is 7.34. The molecule has 2 N–H and O–H groups in total. The fourth-order valence-electron chi connectivity index (χ4n) is 1.24. The highest BCUT2D eigenvalue weighted by Gasteiger charge is 2.24. The number of rotatable bonds is 7. The molecule has 9 heteroatoms. The Morgan fingerprint density at radius 3 is 2.79 bits per heavy atom. The molecule has 6 nitrogen and oxygen atoms in total. The lowest BCUT2D eigenvalue weighted by Crippen LogP contribution is -2.45. The summed E-state index contributed by atoms with van der Waals surface area (Å²) in [4.78, 5) is 11.6. The molecule has 0 saturated heterocycles. The number of methoxy groups -OCH3 is 1. The van der Waals surface area contributed by atoms with Crippen LogP contribution in [0.25, 0.3) is 0 Å². The molecule has 0 fully saturated rings. The van der Waals surface area contributed by atoms with Crippen LogP contribution in [-0.2, 0) is 19.6 Å². The summed E-state index contributed by atoms with van der Waals surface area (Å²) in [7, 11) is -2.17. The molecular weight excluding hydrogens is 356 g/mol. The zero-order valence-electron chi connectivity index (χ0n) is 10.5. The average molecular weight is 371 g/mol. The van der Waals surface area contributed by atoms with Crippen molar-refractivity contribution in [3.8, 4) is 0 Å². The van der Waals surface area contributed by atoms with Gasteiger partial charge in [0.1, 0.15) is 4.21 Å². The van der Waals surface area contributed by atoms with E-state index in [1.807, 2.05) is 0 Å². The smallest absolute Gasteiger partial charge is 0.251 e. The summed E-state index contributed by atoms with van der Waals surface area (Å²) in [6.45, 7) is 2.20. The molecule has 0 aliphatic rings. The summed E-state index contributed by atoms with van der Waals surface area (Å²) < 4.78 is 31.8. The number of nitrogens with one attached hydrogen (secondary N) is 2. The van der Waals surface area contributed by atoms with E-state index in [0.717, 1.165) is 11.3 Å². The van der Waals surface area contributed by atoms with Gasteiger partial charge in [0.25, 0.3) is 10.0 Å². The molecule has 1 amide bonds. The highest BCUT2D eigenvalue weighted by molar-refractivity contribution is 9.10. The molecule has 1 rings (SSSR count). The molecule has 0 saturated carbocycles. The first-order valence-electron chi connectivity index (χ1n) is 5.40. The molecule has 1 aromatic heterocycles. The number of sulfonamides is 1. The van der Waals surface area contributed by atoms with E-state index in [0.29, 0.717) is 17.6 Å². The predicted octanol–water partition coefficient (Wildman–Crippen LogP) is 0.940. The summed E-state index contributed by atoms with van der Waals surface area (Å²) in [5, 5.41) is 4.22. The molecule has 0 radical (unpaired) electrons. The molecule has 108 valence electrons. The van der Waals surface area contributed by atoms with E-state index in [1.54, 1.807) is 11.4 Å². The lowest BCUT2D eigenvalue weighted by Gasteiger charge is -2.13. The van der Waals surface area contributed by atoms with Gasteiger partial charge in [-0.05, 0) is 34.3 Å². The van der Waals surface area contributed by atoms with Gasteiger partial charge in [-0.1, -0.05) is 0 Å². The zero-order chi connectivity index (χ0) is 14.5. The maximum absolute atomic E-state index is 12.0. The first kappa shape index (κ1) is 16.6. The Kier molecular flexibility index (Phi) is 6.40. The van der Waals surface area contributed by atoms with Crippen LogP contribution in [0.2, 0.25) is 0 Å². The van der Waals surface area contributed by atoms with Crippen molar-refractivity contribution in [1.29, 1.82) is 0 Å². The van der Waals surface area contributed by atoms with E-state index in [4.69, 9.17) is 4.74 Å². The van der Waals surface area contributed by atoms with Crippen LogP contribution in [0.3, 0.4) is 0 Å². The Hall–Kier alpha value is -0.480. The highest BCUT2D eigenvalue weighted by atomic mass is 79.9. The molecule has 19 heavy (non-hydrogen) atoms. The van der Waals surface area contributed by atoms with Gasteiger partial charge >= 0.3 is 0 Å². The van der Waals surface area contributed by atoms with E-state index in [-0.39, 0.29) is 4.21 Å². The number of hydrogen-bond acceptors (Lipinski definition) is 5. The minimum atomic E-state index is -3.69. The fraction of sp³-hybridized carbons (Fsp3) is 0.500. The number of hydrogen-bond donors (Lipinski definition) is 2. The second-order valence-electron chi connectivity index (χ2n) is 3.68. The molecule has 1 atom stereocenters. The van der Waals surface area contributed by atoms with Gasteiger partial charge in [0.2, 0.25) is 5.91 Å². The summed E-state index contributed by atoms with van der Waals surface area (Å²) >= 11 is 4.24. The van der Waals surface area contributed by atoms with Crippen LogP contribution >= 0.6 is 27.3 Å². The summed E-state index contributed by atoms with van der Waals surface area (Å²) in [5.41, 5.74) is 0. The normalized spacial score (nSPS) is 13.2. The van der Waals surface area contributed by atoms with E-state index in [2.05, 4.69) is 26.0 Å². The van der Waals surface area contributed by atoms with Crippen LogP contribution in [0.4, 0.5) is 0 Å². The number of ether oxygens (including phenoxy) is 1. The molecule has 1 heterocycles. The first-order valence-corrected chi connectivity index (χ1v) is 8.56. The van der Waals surface area contributed by atoms with Gasteiger partial charge in [-0.3, -0.25) is 4.79 Å². The summed E-state index contributed by atoms with van der Waals surface area (Å²) in [5.74, 6) is -0.395. The van der Waals surface area contributed by atoms with E-state index in [9.17, 15) is 13.2 Å². The van der Waals surface area contributed by atoms with Crippen molar-refractivity contribution in [2.45, 2.75) is 17.2 Å². The van der Waals surface area contributed by atoms with Crippen molar-refractivity contribution in [1.82, 2.24) is 10.0 Å². The zero-order valence-corrected chi connectivity index (χ0v) is 13.7. The number of carbonyl (C=O) groups excluding carboxylic acids is 1. The maximum Gasteiger partial charge on any atom is 0.251 e. The molecule has 0 bridgehead atoms. The average Bonchev–Trinajstić information content (AvgIpc) is 2.76. The Morgan fingerprint density at radius 2 is 2.26 bits per heavy atom. The minimum absolute atomic E-state index is 0.157. The van der Waals surface area contributed by atoms with Gasteiger partial charge in [-0.25, -0.2) is 8.42 Å². The molecule has 1 unspecified atom stereocenters.